The molecule has 178 valence electrons. The van der Waals surface area contributed by atoms with Gasteiger partial charge in [-0.25, -0.2) is 0 Å². The quantitative estimate of drug-likeness (QED) is 0.427. The first-order valence-corrected chi connectivity index (χ1v) is 12.4. The van der Waals surface area contributed by atoms with Gasteiger partial charge in [-0.15, -0.1) is 0 Å². The van der Waals surface area contributed by atoms with Crippen molar-refractivity contribution in [3.05, 3.63) is 101 Å². The average molecular weight is 445 g/mol. The number of anilines is 1. The van der Waals surface area contributed by atoms with Crippen LogP contribution in [-0.2, 0) is 19.5 Å². The van der Waals surface area contributed by atoms with Crippen LogP contribution < -0.4 is 5.32 Å². The number of hydrogen-bond donors (Lipinski definition) is 1. The molecular formula is C31H44N2. The van der Waals surface area contributed by atoms with Crippen molar-refractivity contribution in [2.75, 3.05) is 5.32 Å². The Bertz CT molecular complexity index is 886. The molecule has 1 aliphatic heterocycles. The van der Waals surface area contributed by atoms with Crippen molar-refractivity contribution in [2.45, 2.75) is 80.1 Å². The summed E-state index contributed by atoms with van der Waals surface area (Å²) in [6.07, 6.45) is 1.19. The first-order valence-electron chi connectivity index (χ1n) is 12.4. The smallest absolute Gasteiger partial charge is 0.0342 e. The lowest BCUT2D eigenvalue weighted by molar-refractivity contribution is 0.227. The third-order valence-corrected chi connectivity index (χ3v) is 5.59. The van der Waals surface area contributed by atoms with Gasteiger partial charge in [-0.3, -0.25) is 4.90 Å². The summed E-state index contributed by atoms with van der Waals surface area (Å²) >= 11 is 0. The Morgan fingerprint density at radius 1 is 0.697 bits per heavy atom. The fraction of sp³-hybridized carbons (Fsp3) is 0.419. The Hall–Kier alpha value is -2.58. The van der Waals surface area contributed by atoms with E-state index in [4.69, 9.17) is 0 Å². The zero-order valence-electron chi connectivity index (χ0n) is 21.8. The number of nitrogens with zero attached hydrogens (tertiary/aromatic N) is 1. The van der Waals surface area contributed by atoms with Crippen LogP contribution in [0.3, 0.4) is 0 Å². The van der Waals surface area contributed by atoms with Gasteiger partial charge in [0.1, 0.15) is 0 Å². The molecule has 2 nitrogen and oxygen atoms in total. The molecule has 4 rings (SSSR count). The van der Waals surface area contributed by atoms with Crippen molar-refractivity contribution in [1.29, 1.82) is 0 Å². The molecule has 0 saturated heterocycles. The van der Waals surface area contributed by atoms with Gasteiger partial charge in [0.15, 0.2) is 0 Å². The second-order valence-electron chi connectivity index (χ2n) is 10.0. The number of para-hydroxylation sites is 1. The first-order chi connectivity index (χ1) is 15.7. The zero-order valence-corrected chi connectivity index (χ0v) is 21.8. The summed E-state index contributed by atoms with van der Waals surface area (Å²) in [5.41, 5.74) is 7.00. The van der Waals surface area contributed by atoms with Crippen LogP contribution in [0.15, 0.2) is 78.9 Å². The molecule has 0 atom stereocenters. The molecule has 1 N–H and O–H groups in total. The van der Waals surface area contributed by atoms with E-state index in [2.05, 4.69) is 119 Å². The summed E-state index contributed by atoms with van der Waals surface area (Å²) in [7, 11) is 0. The van der Waals surface area contributed by atoms with Crippen LogP contribution in [0.1, 0.15) is 63.8 Å². The third-order valence-electron chi connectivity index (χ3n) is 5.59. The molecule has 0 fully saturated rings. The highest BCUT2D eigenvalue weighted by atomic mass is 15.2. The van der Waals surface area contributed by atoms with Gasteiger partial charge < -0.3 is 5.32 Å². The summed E-state index contributed by atoms with van der Waals surface area (Å²) < 4.78 is 0. The van der Waals surface area contributed by atoms with Gasteiger partial charge in [-0.05, 0) is 75.8 Å². The lowest BCUT2D eigenvalue weighted by Crippen LogP contribution is -2.24. The molecule has 1 heterocycles. The molecule has 1 aliphatic rings. The highest BCUT2D eigenvalue weighted by Crippen LogP contribution is 2.23. The largest absolute Gasteiger partial charge is 0.383 e. The summed E-state index contributed by atoms with van der Waals surface area (Å²) in [5.74, 6) is 0.762. The van der Waals surface area contributed by atoms with E-state index in [1.807, 2.05) is 18.2 Å². The van der Waals surface area contributed by atoms with Crippen molar-refractivity contribution < 1.29 is 0 Å². The fourth-order valence-electron chi connectivity index (χ4n) is 3.79. The number of rotatable bonds is 5. The number of benzene rings is 3. The van der Waals surface area contributed by atoms with E-state index < -0.39 is 0 Å². The van der Waals surface area contributed by atoms with Gasteiger partial charge in [0.25, 0.3) is 0 Å². The molecule has 33 heavy (non-hydrogen) atoms. The Morgan fingerprint density at radius 3 is 1.67 bits per heavy atom. The fourth-order valence-corrected chi connectivity index (χ4v) is 3.79. The van der Waals surface area contributed by atoms with Gasteiger partial charge in [-0.1, -0.05) is 86.1 Å². The van der Waals surface area contributed by atoms with Crippen molar-refractivity contribution in [2.24, 2.45) is 5.92 Å². The molecule has 3 aromatic carbocycles. The molecule has 0 saturated carbocycles. The van der Waals surface area contributed by atoms with Crippen LogP contribution in [0.2, 0.25) is 0 Å². The molecule has 0 aromatic heterocycles. The highest BCUT2D eigenvalue weighted by Gasteiger charge is 2.19. The number of nitrogens with one attached hydrogen (secondary N) is 1. The van der Waals surface area contributed by atoms with Crippen LogP contribution in [0, 0.1) is 12.8 Å². The normalized spacial score (nSPS) is 12.7. The molecular weight excluding hydrogens is 400 g/mol. The van der Waals surface area contributed by atoms with Crippen LogP contribution >= 0.6 is 0 Å². The van der Waals surface area contributed by atoms with Gasteiger partial charge in [0.2, 0.25) is 0 Å². The maximum absolute atomic E-state index is 3.30. The minimum atomic E-state index is 0.516. The Kier molecular flexibility index (Phi) is 11.2. The predicted octanol–water partition coefficient (Wildman–Crippen LogP) is 8.11. The van der Waals surface area contributed by atoms with E-state index in [0.717, 1.165) is 19.0 Å². The van der Waals surface area contributed by atoms with Crippen LogP contribution in [0.5, 0.6) is 0 Å². The van der Waals surface area contributed by atoms with E-state index in [1.165, 1.54) is 34.4 Å². The minimum absolute atomic E-state index is 0.516. The lowest BCUT2D eigenvalue weighted by Gasteiger charge is -2.18. The molecule has 0 unspecified atom stereocenters. The zero-order chi connectivity index (χ0) is 24.2. The molecule has 0 bridgehead atoms. The first kappa shape index (κ1) is 26.7. The van der Waals surface area contributed by atoms with Crippen molar-refractivity contribution in [3.63, 3.8) is 0 Å². The Morgan fingerprint density at radius 2 is 1.21 bits per heavy atom. The minimum Gasteiger partial charge on any atom is -0.383 e. The monoisotopic (exact) mass is 444 g/mol. The number of aryl methyl sites for hydroxylation is 1. The summed E-state index contributed by atoms with van der Waals surface area (Å²) in [6.45, 7) is 17.7. The Labute approximate surface area is 203 Å². The van der Waals surface area contributed by atoms with E-state index >= 15 is 0 Å². The molecule has 0 amide bonds. The third kappa shape index (κ3) is 10.3. The summed E-state index contributed by atoms with van der Waals surface area (Å²) in [5, 5.41) is 3.30. The molecule has 0 aliphatic carbocycles. The van der Waals surface area contributed by atoms with Gasteiger partial charge in [-0.2, -0.15) is 0 Å². The van der Waals surface area contributed by atoms with E-state index in [0.29, 0.717) is 12.1 Å². The van der Waals surface area contributed by atoms with Crippen molar-refractivity contribution in [3.8, 4) is 0 Å². The second kappa shape index (κ2) is 13.9. The maximum Gasteiger partial charge on any atom is 0.0342 e. The van der Waals surface area contributed by atoms with Gasteiger partial charge >= 0.3 is 0 Å². The SMILES string of the molecule is CC(C)N1Cc2ccccc2C1.CC(C)Nc1ccccc1.Cc1ccc(CC(C)C)cc1. The molecule has 0 radical (unpaired) electrons. The van der Waals surface area contributed by atoms with Gasteiger partial charge in [0, 0.05) is 30.9 Å². The predicted molar refractivity (Wildman–Crippen MR) is 146 cm³/mol. The average Bonchev–Trinajstić information content (AvgIpc) is 3.21. The standard InChI is InChI=1S/C11H15N.C11H16.C9H13N/c1-9(2)12-7-10-5-3-4-6-11(10)8-12;1-9(2)8-11-6-4-10(3)5-7-11;1-8(2)10-9-6-4-3-5-7-9/h3-6,9H,7-8H2,1-2H3;4-7,9H,8H2,1-3H3;3-8,10H,1-2H3. The van der Waals surface area contributed by atoms with Gasteiger partial charge in [0.05, 0.1) is 0 Å². The second-order valence-corrected chi connectivity index (χ2v) is 10.0. The summed E-state index contributed by atoms with van der Waals surface area (Å²) in [6, 6.07) is 28.9. The molecule has 2 heteroatoms. The molecule has 0 spiro atoms. The summed E-state index contributed by atoms with van der Waals surface area (Å²) in [4.78, 5) is 2.49. The topological polar surface area (TPSA) is 15.3 Å². The number of hydrogen-bond acceptors (Lipinski definition) is 2. The van der Waals surface area contributed by atoms with E-state index in [-0.39, 0.29) is 0 Å². The van der Waals surface area contributed by atoms with Crippen LogP contribution in [0.4, 0.5) is 5.69 Å². The lowest BCUT2D eigenvalue weighted by atomic mass is 10.0. The van der Waals surface area contributed by atoms with E-state index in [9.17, 15) is 0 Å². The number of fused-ring (bicyclic) bond motifs is 1. The van der Waals surface area contributed by atoms with Crippen LogP contribution in [0.25, 0.3) is 0 Å². The van der Waals surface area contributed by atoms with Crippen molar-refractivity contribution >= 4 is 5.69 Å². The molecule has 3 aromatic rings. The van der Waals surface area contributed by atoms with Crippen LogP contribution in [-0.4, -0.2) is 17.0 Å². The van der Waals surface area contributed by atoms with Crippen molar-refractivity contribution in [1.82, 2.24) is 4.90 Å². The van der Waals surface area contributed by atoms with E-state index in [1.54, 1.807) is 0 Å². The Balaban J connectivity index is 0.000000176. The maximum atomic E-state index is 3.30. The highest BCUT2D eigenvalue weighted by molar-refractivity contribution is 5.42.